The number of pyridine rings is 1. The zero-order valence-electron chi connectivity index (χ0n) is 12.9. The Kier molecular flexibility index (Phi) is 3.26. The van der Waals surface area contributed by atoms with E-state index >= 15 is 0 Å². The molecule has 3 aromatic rings. The number of anilines is 2. The molecule has 0 amide bonds. The number of benzene rings is 1. The average Bonchev–Trinajstić information content (AvgIpc) is 2.96. The number of nitrogens with zero attached hydrogens (tertiary/aromatic N) is 2. The number of aryl methyl sites for hydroxylation is 1. The van der Waals surface area contributed by atoms with Gasteiger partial charge in [0, 0.05) is 23.9 Å². The van der Waals surface area contributed by atoms with E-state index in [0.717, 1.165) is 17.0 Å². The molecule has 0 bridgehead atoms. The maximum absolute atomic E-state index is 12.4. The molecule has 2 aromatic heterocycles. The fourth-order valence-corrected chi connectivity index (χ4v) is 2.91. The number of carbonyl (C=O) groups excluding carboxylic acids is 1. The molecule has 0 saturated heterocycles. The van der Waals surface area contributed by atoms with Crippen LogP contribution in [-0.2, 0) is 6.42 Å². The molecule has 0 unspecified atom stereocenters. The molecule has 2 heterocycles. The van der Waals surface area contributed by atoms with Gasteiger partial charge >= 0.3 is 0 Å². The number of hydrogen-bond acceptors (Lipinski definition) is 6. The number of Topliss-reactive ketones (excluding diaryl/α,β-unsaturated/α-hetero) is 1. The fraction of sp³-hybridized carbons (Fsp3) is 0.176. The lowest BCUT2D eigenvalue weighted by Gasteiger charge is -2.08. The second-order valence-corrected chi connectivity index (χ2v) is 5.54. The lowest BCUT2D eigenvalue weighted by molar-refractivity contribution is 0.0994. The fourth-order valence-electron chi connectivity index (χ4n) is 2.91. The Morgan fingerprint density at radius 3 is 2.71 bits per heavy atom. The molecule has 24 heavy (non-hydrogen) atoms. The van der Waals surface area contributed by atoms with Crippen LogP contribution in [0.3, 0.4) is 0 Å². The first-order valence-electron chi connectivity index (χ1n) is 7.52. The van der Waals surface area contributed by atoms with E-state index in [1.54, 1.807) is 19.2 Å². The number of hydrogen-bond donors (Lipinski definition) is 2. The topological polar surface area (TPSA) is 97.0 Å². The van der Waals surface area contributed by atoms with E-state index in [1.807, 2.05) is 12.1 Å². The summed E-state index contributed by atoms with van der Waals surface area (Å²) in [6.45, 7) is 0. The van der Waals surface area contributed by atoms with Crippen LogP contribution in [0, 0.1) is 0 Å². The molecule has 0 aliphatic heterocycles. The molecule has 1 aliphatic rings. The summed E-state index contributed by atoms with van der Waals surface area (Å²) in [5, 5.41) is 3.44. The maximum Gasteiger partial charge on any atom is 0.262 e. The van der Waals surface area contributed by atoms with Crippen molar-refractivity contribution < 1.29 is 9.53 Å². The van der Waals surface area contributed by atoms with Gasteiger partial charge in [-0.1, -0.05) is 0 Å². The van der Waals surface area contributed by atoms with Gasteiger partial charge in [-0.15, -0.1) is 0 Å². The third-order valence-corrected chi connectivity index (χ3v) is 4.10. The first-order chi connectivity index (χ1) is 11.7. The molecule has 7 heteroatoms. The van der Waals surface area contributed by atoms with E-state index < -0.39 is 0 Å². The summed E-state index contributed by atoms with van der Waals surface area (Å²) in [7, 11) is 1.60. The molecule has 0 saturated carbocycles. The van der Waals surface area contributed by atoms with Crippen molar-refractivity contribution in [2.24, 2.45) is 0 Å². The zero-order valence-corrected chi connectivity index (χ0v) is 12.9. The van der Waals surface area contributed by atoms with Gasteiger partial charge in [-0.25, -0.2) is 4.98 Å². The molecular weight excluding hydrogens is 308 g/mol. The quantitative estimate of drug-likeness (QED) is 0.767. The number of carbonyl (C=O) groups is 1. The van der Waals surface area contributed by atoms with Crippen LogP contribution in [0.2, 0.25) is 0 Å². The monoisotopic (exact) mass is 322 g/mol. The molecule has 0 radical (unpaired) electrons. The number of aromatic nitrogens is 3. The van der Waals surface area contributed by atoms with Gasteiger partial charge in [0.1, 0.15) is 5.75 Å². The van der Waals surface area contributed by atoms with Crippen molar-refractivity contribution in [1.29, 1.82) is 0 Å². The summed E-state index contributed by atoms with van der Waals surface area (Å²) in [6.07, 6.45) is 2.49. The van der Waals surface area contributed by atoms with Gasteiger partial charge in [-0.3, -0.25) is 14.6 Å². The maximum atomic E-state index is 12.4. The highest BCUT2D eigenvalue weighted by molar-refractivity contribution is 6.04. The molecular formula is C17H14N4O3. The molecule has 0 fully saturated rings. The lowest BCUT2D eigenvalue weighted by Crippen LogP contribution is -2.14. The third-order valence-electron chi connectivity index (χ3n) is 4.10. The van der Waals surface area contributed by atoms with Crippen molar-refractivity contribution in [2.75, 3.05) is 12.4 Å². The van der Waals surface area contributed by atoms with Gasteiger partial charge in [-0.05, 0) is 36.2 Å². The van der Waals surface area contributed by atoms with Gasteiger partial charge < -0.3 is 10.1 Å². The van der Waals surface area contributed by atoms with Gasteiger partial charge in [0.15, 0.2) is 11.4 Å². The van der Waals surface area contributed by atoms with Crippen molar-refractivity contribution in [1.82, 2.24) is 15.0 Å². The Labute approximate surface area is 136 Å². The number of ketones is 1. The molecule has 1 aliphatic carbocycles. The van der Waals surface area contributed by atoms with Gasteiger partial charge in [0.05, 0.1) is 12.5 Å². The predicted octanol–water partition coefficient (Wildman–Crippen LogP) is 2.20. The summed E-state index contributed by atoms with van der Waals surface area (Å²) in [5.41, 5.74) is 2.08. The molecule has 120 valence electrons. The normalized spacial score (nSPS) is 13.1. The van der Waals surface area contributed by atoms with Crippen molar-refractivity contribution in [2.45, 2.75) is 12.8 Å². The first-order valence-corrected chi connectivity index (χ1v) is 7.52. The number of methoxy groups -OCH3 is 1. The second kappa shape index (κ2) is 5.45. The van der Waals surface area contributed by atoms with E-state index in [9.17, 15) is 9.59 Å². The Bertz CT molecular complexity index is 1010. The van der Waals surface area contributed by atoms with Crippen molar-refractivity contribution in [3.8, 4) is 5.75 Å². The average molecular weight is 322 g/mol. The van der Waals surface area contributed by atoms with Crippen LogP contribution in [-0.4, -0.2) is 27.8 Å². The molecule has 1 aromatic carbocycles. The van der Waals surface area contributed by atoms with E-state index in [1.165, 1.54) is 6.20 Å². The molecule has 0 atom stereocenters. The number of H-pyrrole nitrogens is 1. The molecule has 0 spiro atoms. The number of aromatic amines is 1. The number of fused-ring (bicyclic) bond motifs is 3. The number of rotatable bonds is 3. The van der Waals surface area contributed by atoms with Gasteiger partial charge in [0.2, 0.25) is 5.95 Å². The van der Waals surface area contributed by atoms with Crippen LogP contribution in [0.4, 0.5) is 11.6 Å². The SMILES string of the molecule is COc1ccc(Nc2nc3ncc4c(c3c(=O)[nH]2)CCC4=O)cc1. The molecule has 4 rings (SSSR count). The number of nitrogens with one attached hydrogen (secondary N) is 2. The predicted molar refractivity (Wildman–Crippen MR) is 89.1 cm³/mol. The minimum Gasteiger partial charge on any atom is -0.497 e. The van der Waals surface area contributed by atoms with Crippen LogP contribution < -0.4 is 15.6 Å². The van der Waals surface area contributed by atoms with E-state index in [0.29, 0.717) is 35.4 Å². The van der Waals surface area contributed by atoms with Crippen LogP contribution >= 0.6 is 0 Å². The third kappa shape index (κ3) is 2.30. The Morgan fingerprint density at radius 1 is 1.17 bits per heavy atom. The van der Waals surface area contributed by atoms with E-state index in [4.69, 9.17) is 4.74 Å². The van der Waals surface area contributed by atoms with Crippen LogP contribution in [0.25, 0.3) is 11.0 Å². The largest absolute Gasteiger partial charge is 0.497 e. The Balaban J connectivity index is 1.75. The van der Waals surface area contributed by atoms with Crippen molar-refractivity contribution in [3.05, 3.63) is 51.9 Å². The summed E-state index contributed by atoms with van der Waals surface area (Å²) >= 11 is 0. The van der Waals surface area contributed by atoms with E-state index in [-0.39, 0.29) is 11.3 Å². The van der Waals surface area contributed by atoms with Crippen LogP contribution in [0.5, 0.6) is 5.75 Å². The van der Waals surface area contributed by atoms with Crippen LogP contribution in [0.15, 0.2) is 35.3 Å². The lowest BCUT2D eigenvalue weighted by atomic mass is 10.1. The van der Waals surface area contributed by atoms with E-state index in [2.05, 4.69) is 20.3 Å². The Morgan fingerprint density at radius 2 is 1.96 bits per heavy atom. The molecule has 2 N–H and O–H groups in total. The van der Waals surface area contributed by atoms with Crippen molar-refractivity contribution in [3.63, 3.8) is 0 Å². The van der Waals surface area contributed by atoms with Gasteiger partial charge in [0.25, 0.3) is 5.56 Å². The van der Waals surface area contributed by atoms with Crippen LogP contribution in [0.1, 0.15) is 22.3 Å². The first kappa shape index (κ1) is 14.4. The minimum atomic E-state index is -0.296. The number of ether oxygens (including phenoxy) is 1. The van der Waals surface area contributed by atoms with Crippen molar-refractivity contribution >= 4 is 28.5 Å². The highest BCUT2D eigenvalue weighted by Crippen LogP contribution is 2.26. The standard InChI is InChI=1S/C17H14N4O3/c1-24-10-4-2-9(3-5-10)19-17-20-15-14(16(23)21-17)11-6-7-13(22)12(11)8-18-15/h2-5,8H,6-7H2,1H3,(H2,18,19,20,21,23). The Hall–Kier alpha value is -3.22. The summed E-state index contributed by atoms with van der Waals surface area (Å²) in [6, 6.07) is 7.24. The second-order valence-electron chi connectivity index (χ2n) is 5.54. The highest BCUT2D eigenvalue weighted by atomic mass is 16.5. The van der Waals surface area contributed by atoms with Gasteiger partial charge in [-0.2, -0.15) is 4.98 Å². The summed E-state index contributed by atoms with van der Waals surface area (Å²) in [5.74, 6) is 1.07. The summed E-state index contributed by atoms with van der Waals surface area (Å²) < 4.78 is 5.11. The zero-order chi connectivity index (χ0) is 16.7. The minimum absolute atomic E-state index is 0.0271. The molecule has 7 nitrogen and oxygen atoms in total. The smallest absolute Gasteiger partial charge is 0.262 e. The summed E-state index contributed by atoms with van der Waals surface area (Å²) in [4.78, 5) is 35.5. The highest BCUT2D eigenvalue weighted by Gasteiger charge is 2.24.